The molecule has 1 heterocycles. The van der Waals surface area contributed by atoms with E-state index in [1.54, 1.807) is 0 Å². The summed E-state index contributed by atoms with van der Waals surface area (Å²) in [5.74, 6) is 0. The first kappa shape index (κ1) is 12.9. The maximum Gasteiger partial charge on any atom is 0.0594 e. The van der Waals surface area contributed by atoms with Crippen molar-refractivity contribution in [3.63, 3.8) is 0 Å². The number of nitrogens with two attached hydrogens (primary N) is 1. The van der Waals surface area contributed by atoms with Crippen LogP contribution in [0.15, 0.2) is 0 Å². The quantitative estimate of drug-likeness (QED) is 0.753. The van der Waals surface area contributed by atoms with E-state index in [1.165, 1.54) is 0 Å². The highest BCUT2D eigenvalue weighted by molar-refractivity contribution is 4.79. The zero-order valence-electron chi connectivity index (χ0n) is 10.5. The average molecular weight is 214 g/mol. The monoisotopic (exact) mass is 214 g/mol. The maximum absolute atomic E-state index is 6.02. The SMILES string of the molecule is CCC(N)CC(C)(C)CN1CCOCC1. The molecule has 3 heteroatoms. The zero-order valence-corrected chi connectivity index (χ0v) is 10.5. The topological polar surface area (TPSA) is 38.5 Å². The van der Waals surface area contributed by atoms with E-state index in [0.717, 1.165) is 45.7 Å². The van der Waals surface area contributed by atoms with Crippen molar-refractivity contribution in [1.29, 1.82) is 0 Å². The van der Waals surface area contributed by atoms with E-state index in [-0.39, 0.29) is 0 Å². The molecule has 1 atom stereocenters. The van der Waals surface area contributed by atoms with Gasteiger partial charge in [0.1, 0.15) is 0 Å². The van der Waals surface area contributed by atoms with Crippen molar-refractivity contribution in [2.24, 2.45) is 11.1 Å². The summed E-state index contributed by atoms with van der Waals surface area (Å²) < 4.78 is 5.35. The van der Waals surface area contributed by atoms with Crippen LogP contribution in [0.2, 0.25) is 0 Å². The summed E-state index contributed by atoms with van der Waals surface area (Å²) in [5, 5.41) is 0. The van der Waals surface area contributed by atoms with E-state index in [1.807, 2.05) is 0 Å². The molecule has 1 aliphatic heterocycles. The summed E-state index contributed by atoms with van der Waals surface area (Å²) in [4.78, 5) is 2.49. The lowest BCUT2D eigenvalue weighted by Gasteiger charge is -2.36. The summed E-state index contributed by atoms with van der Waals surface area (Å²) >= 11 is 0. The Morgan fingerprint density at radius 2 is 1.93 bits per heavy atom. The highest BCUT2D eigenvalue weighted by Gasteiger charge is 2.24. The number of hydrogen-bond acceptors (Lipinski definition) is 3. The van der Waals surface area contributed by atoms with Crippen molar-refractivity contribution in [1.82, 2.24) is 4.90 Å². The van der Waals surface area contributed by atoms with E-state index >= 15 is 0 Å². The van der Waals surface area contributed by atoms with Gasteiger partial charge in [0.25, 0.3) is 0 Å². The second-order valence-corrected chi connectivity index (χ2v) is 5.43. The van der Waals surface area contributed by atoms with Gasteiger partial charge >= 0.3 is 0 Å². The Morgan fingerprint density at radius 1 is 1.33 bits per heavy atom. The Balaban J connectivity index is 2.33. The number of rotatable bonds is 5. The molecule has 1 unspecified atom stereocenters. The van der Waals surface area contributed by atoms with Gasteiger partial charge < -0.3 is 10.5 Å². The Hall–Kier alpha value is -0.120. The molecule has 1 aliphatic rings. The third kappa shape index (κ3) is 4.96. The van der Waals surface area contributed by atoms with Crippen LogP contribution >= 0.6 is 0 Å². The number of ether oxygens (including phenoxy) is 1. The van der Waals surface area contributed by atoms with Crippen molar-refractivity contribution in [3.8, 4) is 0 Å². The van der Waals surface area contributed by atoms with Gasteiger partial charge in [-0.3, -0.25) is 4.90 Å². The molecule has 0 aromatic carbocycles. The second kappa shape index (κ2) is 5.83. The molecule has 1 fully saturated rings. The standard InChI is InChI=1S/C12H26N2O/c1-4-11(13)9-12(2,3)10-14-5-7-15-8-6-14/h11H,4-10,13H2,1-3H3. The predicted molar refractivity (Wildman–Crippen MR) is 63.9 cm³/mol. The molecular weight excluding hydrogens is 188 g/mol. The Morgan fingerprint density at radius 3 is 2.47 bits per heavy atom. The van der Waals surface area contributed by atoms with E-state index in [2.05, 4.69) is 25.7 Å². The van der Waals surface area contributed by atoms with Crippen LogP contribution in [0.4, 0.5) is 0 Å². The number of nitrogens with zero attached hydrogens (tertiary/aromatic N) is 1. The van der Waals surface area contributed by atoms with Gasteiger partial charge in [0.2, 0.25) is 0 Å². The van der Waals surface area contributed by atoms with Gasteiger partial charge in [0.05, 0.1) is 13.2 Å². The minimum Gasteiger partial charge on any atom is -0.379 e. The van der Waals surface area contributed by atoms with E-state index in [9.17, 15) is 0 Å². The van der Waals surface area contributed by atoms with Gasteiger partial charge in [-0.1, -0.05) is 20.8 Å². The van der Waals surface area contributed by atoms with E-state index in [0.29, 0.717) is 11.5 Å². The maximum atomic E-state index is 6.02. The molecule has 0 aromatic heterocycles. The largest absolute Gasteiger partial charge is 0.379 e. The van der Waals surface area contributed by atoms with Crippen molar-refractivity contribution < 1.29 is 4.74 Å². The molecule has 0 saturated carbocycles. The summed E-state index contributed by atoms with van der Waals surface area (Å²) in [5.41, 5.74) is 6.35. The molecule has 0 spiro atoms. The first-order valence-electron chi connectivity index (χ1n) is 6.09. The summed E-state index contributed by atoms with van der Waals surface area (Å²) in [6.45, 7) is 11.9. The second-order valence-electron chi connectivity index (χ2n) is 5.43. The van der Waals surface area contributed by atoms with Crippen LogP contribution in [0.5, 0.6) is 0 Å². The molecule has 0 bridgehead atoms. The molecule has 0 amide bonds. The molecule has 90 valence electrons. The third-order valence-electron chi connectivity index (χ3n) is 3.09. The molecule has 1 saturated heterocycles. The molecule has 1 rings (SSSR count). The van der Waals surface area contributed by atoms with Crippen LogP contribution in [0.25, 0.3) is 0 Å². The number of hydrogen-bond donors (Lipinski definition) is 1. The van der Waals surface area contributed by atoms with Crippen LogP contribution < -0.4 is 5.73 Å². The lowest BCUT2D eigenvalue weighted by Crippen LogP contribution is -2.43. The minimum atomic E-state index is 0.326. The molecule has 3 nitrogen and oxygen atoms in total. The van der Waals surface area contributed by atoms with Gasteiger partial charge in [-0.15, -0.1) is 0 Å². The smallest absolute Gasteiger partial charge is 0.0594 e. The summed E-state index contributed by atoms with van der Waals surface area (Å²) in [7, 11) is 0. The van der Waals surface area contributed by atoms with Crippen LogP contribution in [0, 0.1) is 5.41 Å². The fourth-order valence-electron chi connectivity index (χ4n) is 2.28. The normalized spacial score (nSPS) is 21.6. The number of morpholine rings is 1. The van der Waals surface area contributed by atoms with Gasteiger partial charge in [0.15, 0.2) is 0 Å². The van der Waals surface area contributed by atoms with Crippen molar-refractivity contribution in [2.45, 2.75) is 39.7 Å². The Labute approximate surface area is 94.0 Å². The van der Waals surface area contributed by atoms with Crippen LogP contribution in [-0.2, 0) is 4.74 Å². The van der Waals surface area contributed by atoms with E-state index < -0.39 is 0 Å². The van der Waals surface area contributed by atoms with E-state index in [4.69, 9.17) is 10.5 Å². The summed E-state index contributed by atoms with van der Waals surface area (Å²) in [6, 6.07) is 0.348. The molecule has 15 heavy (non-hydrogen) atoms. The van der Waals surface area contributed by atoms with Gasteiger partial charge in [-0.25, -0.2) is 0 Å². The van der Waals surface area contributed by atoms with Crippen LogP contribution in [0.1, 0.15) is 33.6 Å². The zero-order chi connectivity index (χ0) is 11.3. The van der Waals surface area contributed by atoms with Crippen molar-refractivity contribution >= 4 is 0 Å². The fourth-order valence-corrected chi connectivity index (χ4v) is 2.28. The van der Waals surface area contributed by atoms with Crippen molar-refractivity contribution in [3.05, 3.63) is 0 Å². The van der Waals surface area contributed by atoms with Gasteiger partial charge in [-0.05, 0) is 18.3 Å². The van der Waals surface area contributed by atoms with Crippen molar-refractivity contribution in [2.75, 3.05) is 32.8 Å². The Kier molecular flexibility index (Phi) is 5.03. The molecule has 2 N–H and O–H groups in total. The molecule has 0 aromatic rings. The summed E-state index contributed by atoms with van der Waals surface area (Å²) in [6.07, 6.45) is 2.19. The lowest BCUT2D eigenvalue weighted by atomic mass is 9.84. The molecule has 0 aliphatic carbocycles. The van der Waals surface area contributed by atoms with Gasteiger partial charge in [0, 0.05) is 25.7 Å². The lowest BCUT2D eigenvalue weighted by molar-refractivity contribution is 0.0190. The predicted octanol–water partition coefficient (Wildman–Crippen LogP) is 1.47. The first-order chi connectivity index (χ1) is 7.03. The highest BCUT2D eigenvalue weighted by Crippen LogP contribution is 2.24. The highest BCUT2D eigenvalue weighted by atomic mass is 16.5. The average Bonchev–Trinajstić information content (AvgIpc) is 2.17. The van der Waals surface area contributed by atoms with Crippen LogP contribution in [0.3, 0.4) is 0 Å². The fraction of sp³-hybridized carbons (Fsp3) is 1.00. The Bertz CT molecular complexity index is 176. The van der Waals surface area contributed by atoms with Gasteiger partial charge in [-0.2, -0.15) is 0 Å². The third-order valence-corrected chi connectivity index (χ3v) is 3.09. The molecule has 0 radical (unpaired) electrons. The first-order valence-corrected chi connectivity index (χ1v) is 6.09. The van der Waals surface area contributed by atoms with Crippen LogP contribution in [-0.4, -0.2) is 43.8 Å². The minimum absolute atomic E-state index is 0.326. The molecular formula is C12H26N2O.